The molecule has 0 saturated heterocycles. The molecule has 1 aromatic heterocycles. The maximum Gasteiger partial charge on any atom is 0.192 e. The predicted molar refractivity (Wildman–Crippen MR) is 124 cm³/mol. The molecular formula is C25H31N5O. The Morgan fingerprint density at radius 1 is 1.19 bits per heavy atom. The smallest absolute Gasteiger partial charge is 0.192 e. The largest absolute Gasteiger partial charge is 0.487 e. The topological polar surface area (TPSA) is 63.5 Å². The molecule has 1 unspecified atom stereocenters. The average molecular weight is 418 g/mol. The average Bonchev–Trinajstić information content (AvgIpc) is 3.25. The normalized spacial score (nSPS) is 17.5. The van der Waals surface area contributed by atoms with Gasteiger partial charge >= 0.3 is 0 Å². The Hall–Kier alpha value is -3.28. The molecule has 2 aromatic carbocycles. The van der Waals surface area contributed by atoms with E-state index in [0.29, 0.717) is 6.54 Å². The molecule has 0 spiro atoms. The van der Waals surface area contributed by atoms with Crippen molar-refractivity contribution in [3.63, 3.8) is 0 Å². The second kappa shape index (κ2) is 9.25. The molecule has 3 aromatic rings. The highest BCUT2D eigenvalue weighted by atomic mass is 16.5. The first-order chi connectivity index (χ1) is 15.0. The van der Waals surface area contributed by atoms with Crippen molar-refractivity contribution in [3.8, 4) is 5.75 Å². The Morgan fingerprint density at radius 3 is 2.84 bits per heavy atom. The molecule has 6 heteroatoms. The minimum atomic E-state index is -0.231. The van der Waals surface area contributed by atoms with Gasteiger partial charge in [-0.15, -0.1) is 0 Å². The summed E-state index contributed by atoms with van der Waals surface area (Å²) >= 11 is 0. The quantitative estimate of drug-likeness (QED) is 0.464. The number of benzene rings is 2. The number of guanidine groups is 1. The van der Waals surface area contributed by atoms with E-state index in [4.69, 9.17) is 9.73 Å². The Labute approximate surface area is 184 Å². The number of nitrogens with zero attached hydrogens (tertiary/aromatic N) is 3. The number of ether oxygens (including phenoxy) is 1. The van der Waals surface area contributed by atoms with Crippen molar-refractivity contribution in [1.29, 1.82) is 0 Å². The molecule has 31 heavy (non-hydrogen) atoms. The summed E-state index contributed by atoms with van der Waals surface area (Å²) in [6.45, 7) is 8.58. The molecule has 0 aliphatic carbocycles. The van der Waals surface area contributed by atoms with Crippen LogP contribution in [0.3, 0.4) is 0 Å². The highest BCUT2D eigenvalue weighted by Gasteiger charge is 2.33. The minimum Gasteiger partial charge on any atom is -0.487 e. The third-order valence-electron chi connectivity index (χ3n) is 5.37. The molecule has 0 bridgehead atoms. The van der Waals surface area contributed by atoms with E-state index in [9.17, 15) is 0 Å². The van der Waals surface area contributed by atoms with E-state index in [1.807, 2.05) is 24.7 Å². The van der Waals surface area contributed by atoms with Gasteiger partial charge in [-0.25, -0.2) is 9.98 Å². The van der Waals surface area contributed by atoms with Crippen molar-refractivity contribution in [3.05, 3.63) is 83.9 Å². The lowest BCUT2D eigenvalue weighted by Gasteiger charge is -2.38. The van der Waals surface area contributed by atoms with Gasteiger partial charge in [0.1, 0.15) is 11.4 Å². The number of aromatic nitrogens is 2. The van der Waals surface area contributed by atoms with Crippen LogP contribution in [0.15, 0.2) is 72.2 Å². The zero-order valence-corrected chi connectivity index (χ0v) is 18.5. The van der Waals surface area contributed by atoms with E-state index in [2.05, 4.69) is 77.4 Å². The van der Waals surface area contributed by atoms with Crippen LogP contribution >= 0.6 is 0 Å². The van der Waals surface area contributed by atoms with Crippen molar-refractivity contribution in [2.75, 3.05) is 6.54 Å². The van der Waals surface area contributed by atoms with Crippen LogP contribution in [0.1, 0.15) is 49.9 Å². The maximum atomic E-state index is 6.17. The van der Waals surface area contributed by atoms with Crippen LogP contribution in [0.2, 0.25) is 0 Å². The van der Waals surface area contributed by atoms with Gasteiger partial charge in [-0.05, 0) is 38.0 Å². The molecule has 0 radical (unpaired) electrons. The van der Waals surface area contributed by atoms with Crippen molar-refractivity contribution >= 4 is 5.96 Å². The van der Waals surface area contributed by atoms with Gasteiger partial charge in [0.05, 0.1) is 18.9 Å². The van der Waals surface area contributed by atoms with E-state index in [1.54, 1.807) is 6.20 Å². The Bertz CT molecular complexity index is 1030. The SMILES string of the molecule is CCNC(=NCc1cccc(Cn2ccnc2)c1)NC1CC(C)(C)Oc2ccccc21. The van der Waals surface area contributed by atoms with E-state index in [-0.39, 0.29) is 11.6 Å². The Balaban J connectivity index is 1.49. The van der Waals surface area contributed by atoms with Gasteiger partial charge in [0.2, 0.25) is 0 Å². The number of nitrogens with one attached hydrogen (secondary N) is 2. The lowest BCUT2D eigenvalue weighted by atomic mass is 9.90. The van der Waals surface area contributed by atoms with Gasteiger partial charge in [-0.3, -0.25) is 0 Å². The number of para-hydroxylation sites is 1. The predicted octanol–water partition coefficient (Wildman–Crippen LogP) is 4.29. The van der Waals surface area contributed by atoms with Crippen molar-refractivity contribution in [1.82, 2.24) is 20.2 Å². The minimum absolute atomic E-state index is 0.144. The molecular weight excluding hydrogens is 386 g/mol. The van der Waals surface area contributed by atoms with Gasteiger partial charge in [-0.2, -0.15) is 0 Å². The summed E-state index contributed by atoms with van der Waals surface area (Å²) in [6.07, 6.45) is 6.49. The Morgan fingerprint density at radius 2 is 2.03 bits per heavy atom. The zero-order chi connectivity index (χ0) is 21.7. The molecule has 0 saturated carbocycles. The van der Waals surface area contributed by atoms with E-state index >= 15 is 0 Å². The highest BCUT2D eigenvalue weighted by Crippen LogP contribution is 2.39. The number of hydrogen-bond acceptors (Lipinski definition) is 3. The number of imidazole rings is 1. The van der Waals surface area contributed by atoms with E-state index in [0.717, 1.165) is 31.2 Å². The number of hydrogen-bond donors (Lipinski definition) is 2. The zero-order valence-electron chi connectivity index (χ0n) is 18.5. The van der Waals surface area contributed by atoms with Crippen LogP contribution in [0.4, 0.5) is 0 Å². The molecule has 2 N–H and O–H groups in total. The molecule has 1 aliphatic heterocycles. The van der Waals surface area contributed by atoms with Crippen LogP contribution in [-0.2, 0) is 13.1 Å². The molecule has 6 nitrogen and oxygen atoms in total. The summed E-state index contributed by atoms with van der Waals surface area (Å²) in [4.78, 5) is 8.99. The number of aliphatic imine (C=N–C) groups is 1. The van der Waals surface area contributed by atoms with Gasteiger partial charge in [0.15, 0.2) is 5.96 Å². The second-order valence-electron chi connectivity index (χ2n) is 8.55. The van der Waals surface area contributed by atoms with Gasteiger partial charge in [0, 0.05) is 37.5 Å². The van der Waals surface area contributed by atoms with Crippen LogP contribution in [0, 0.1) is 0 Å². The first-order valence-electron chi connectivity index (χ1n) is 10.9. The summed E-state index contributed by atoms with van der Waals surface area (Å²) in [7, 11) is 0. The first kappa shape index (κ1) is 21.0. The number of fused-ring (bicyclic) bond motifs is 1. The summed E-state index contributed by atoms with van der Waals surface area (Å²) < 4.78 is 8.24. The summed E-state index contributed by atoms with van der Waals surface area (Å²) in [5.74, 6) is 1.76. The first-order valence-corrected chi connectivity index (χ1v) is 10.9. The fraction of sp³-hybridized carbons (Fsp3) is 0.360. The Kier molecular flexibility index (Phi) is 6.26. The highest BCUT2D eigenvalue weighted by molar-refractivity contribution is 5.80. The van der Waals surface area contributed by atoms with Crippen LogP contribution in [-0.4, -0.2) is 27.7 Å². The van der Waals surface area contributed by atoms with Crippen LogP contribution < -0.4 is 15.4 Å². The monoisotopic (exact) mass is 417 g/mol. The molecule has 0 amide bonds. The van der Waals surface area contributed by atoms with Crippen molar-refractivity contribution < 1.29 is 4.74 Å². The third-order valence-corrected chi connectivity index (χ3v) is 5.37. The molecule has 2 heterocycles. The van der Waals surface area contributed by atoms with Crippen LogP contribution in [0.25, 0.3) is 0 Å². The summed E-state index contributed by atoms with van der Waals surface area (Å²) in [5, 5.41) is 7.03. The maximum absolute atomic E-state index is 6.17. The third kappa shape index (κ3) is 5.45. The molecule has 1 aliphatic rings. The molecule has 4 rings (SSSR count). The van der Waals surface area contributed by atoms with Gasteiger partial charge in [0.25, 0.3) is 0 Å². The van der Waals surface area contributed by atoms with Gasteiger partial charge < -0.3 is 19.9 Å². The second-order valence-corrected chi connectivity index (χ2v) is 8.55. The molecule has 1 atom stereocenters. The lowest BCUT2D eigenvalue weighted by molar-refractivity contribution is 0.0694. The standard InChI is InChI=1S/C25H31N5O/c1-4-27-24(29-22-15-25(2,3)31-23-11-6-5-10-21(22)23)28-16-19-8-7-9-20(14-19)17-30-13-12-26-18-30/h5-14,18,22H,4,15-17H2,1-3H3,(H2,27,28,29). The summed E-state index contributed by atoms with van der Waals surface area (Å²) in [5.41, 5.74) is 3.37. The molecule has 0 fully saturated rings. The van der Waals surface area contributed by atoms with Crippen molar-refractivity contribution in [2.24, 2.45) is 4.99 Å². The fourth-order valence-corrected chi connectivity index (χ4v) is 4.00. The van der Waals surface area contributed by atoms with Crippen LogP contribution in [0.5, 0.6) is 5.75 Å². The summed E-state index contributed by atoms with van der Waals surface area (Å²) in [6, 6.07) is 17.0. The van der Waals surface area contributed by atoms with E-state index < -0.39 is 0 Å². The lowest BCUT2D eigenvalue weighted by Crippen LogP contribution is -2.45. The van der Waals surface area contributed by atoms with E-state index in [1.165, 1.54) is 16.7 Å². The number of rotatable bonds is 6. The van der Waals surface area contributed by atoms with Crippen molar-refractivity contribution in [2.45, 2.75) is 51.9 Å². The molecule has 162 valence electrons. The van der Waals surface area contributed by atoms with Gasteiger partial charge in [-0.1, -0.05) is 42.5 Å². The fourth-order valence-electron chi connectivity index (χ4n) is 4.00.